The smallest absolute Gasteiger partial charge is 0.129 e. The minimum absolute atomic E-state index is 0.854. The van der Waals surface area contributed by atoms with Crippen molar-refractivity contribution in [3.05, 3.63) is 41.1 Å². The fourth-order valence-electron chi connectivity index (χ4n) is 1.44. The molecule has 0 unspecified atom stereocenters. The minimum atomic E-state index is 0.854. The van der Waals surface area contributed by atoms with E-state index in [0.717, 1.165) is 28.1 Å². The molecule has 1 heterocycles. The molecule has 0 radical (unpaired) electrons. The number of hydrogen-bond donors (Lipinski definition) is 1. The second-order valence-corrected chi connectivity index (χ2v) is 4.24. The van der Waals surface area contributed by atoms with Gasteiger partial charge in [0, 0.05) is 22.6 Å². The zero-order valence-corrected chi connectivity index (χ0v) is 10.5. The van der Waals surface area contributed by atoms with E-state index in [-0.39, 0.29) is 0 Å². The standard InChI is InChI=1S/C12H12BrN3/c1-2-14-12-7-11(15-8-16-12)9-4-3-5-10(13)6-9/h3-8H,2H2,1H3,(H,14,15,16). The molecule has 1 aromatic heterocycles. The van der Waals surface area contributed by atoms with E-state index in [9.17, 15) is 0 Å². The van der Waals surface area contributed by atoms with Gasteiger partial charge in [0.15, 0.2) is 0 Å². The molecule has 0 aliphatic heterocycles. The summed E-state index contributed by atoms with van der Waals surface area (Å²) in [5, 5.41) is 3.17. The van der Waals surface area contributed by atoms with Crippen molar-refractivity contribution in [3.63, 3.8) is 0 Å². The molecule has 0 aliphatic carbocycles. The fraction of sp³-hybridized carbons (Fsp3) is 0.167. The summed E-state index contributed by atoms with van der Waals surface area (Å²) in [6.45, 7) is 2.90. The molecule has 0 bridgehead atoms. The van der Waals surface area contributed by atoms with Crippen molar-refractivity contribution in [1.82, 2.24) is 9.97 Å². The molecule has 4 heteroatoms. The molecule has 0 aliphatic rings. The van der Waals surface area contributed by atoms with Gasteiger partial charge in [0.2, 0.25) is 0 Å². The van der Waals surface area contributed by atoms with Crippen LogP contribution < -0.4 is 5.32 Å². The number of rotatable bonds is 3. The molecule has 0 saturated heterocycles. The van der Waals surface area contributed by atoms with Crippen LogP contribution in [0.2, 0.25) is 0 Å². The van der Waals surface area contributed by atoms with Gasteiger partial charge in [-0.05, 0) is 19.1 Å². The van der Waals surface area contributed by atoms with E-state index in [1.807, 2.05) is 37.3 Å². The molecule has 2 rings (SSSR count). The second-order valence-electron chi connectivity index (χ2n) is 3.33. The van der Waals surface area contributed by atoms with E-state index in [1.54, 1.807) is 6.33 Å². The molecular weight excluding hydrogens is 266 g/mol. The zero-order valence-electron chi connectivity index (χ0n) is 8.94. The molecule has 0 fully saturated rings. The lowest BCUT2D eigenvalue weighted by atomic mass is 10.1. The third kappa shape index (κ3) is 2.58. The molecule has 16 heavy (non-hydrogen) atoms. The van der Waals surface area contributed by atoms with Crippen molar-refractivity contribution in [2.45, 2.75) is 6.92 Å². The van der Waals surface area contributed by atoms with Gasteiger partial charge in [-0.3, -0.25) is 0 Å². The van der Waals surface area contributed by atoms with E-state index in [2.05, 4.69) is 31.2 Å². The Kier molecular flexibility index (Phi) is 3.51. The third-order valence-corrected chi connectivity index (χ3v) is 2.64. The maximum atomic E-state index is 4.26. The summed E-state index contributed by atoms with van der Waals surface area (Å²) in [6, 6.07) is 10.0. The molecule has 0 amide bonds. The SMILES string of the molecule is CCNc1cc(-c2cccc(Br)c2)ncn1. The Morgan fingerprint density at radius 3 is 2.88 bits per heavy atom. The van der Waals surface area contributed by atoms with Crippen LogP contribution in [-0.2, 0) is 0 Å². The number of nitrogens with one attached hydrogen (secondary N) is 1. The summed E-state index contributed by atoms with van der Waals surface area (Å²) in [4.78, 5) is 8.40. The largest absolute Gasteiger partial charge is 0.370 e. The number of hydrogen-bond acceptors (Lipinski definition) is 3. The molecular formula is C12H12BrN3. The summed E-state index contributed by atoms with van der Waals surface area (Å²) < 4.78 is 1.05. The Balaban J connectivity index is 2.36. The van der Waals surface area contributed by atoms with Crippen molar-refractivity contribution in [1.29, 1.82) is 0 Å². The van der Waals surface area contributed by atoms with Crippen LogP contribution in [0.25, 0.3) is 11.3 Å². The maximum absolute atomic E-state index is 4.26. The van der Waals surface area contributed by atoms with E-state index in [1.165, 1.54) is 0 Å². The minimum Gasteiger partial charge on any atom is -0.370 e. The average Bonchev–Trinajstić information content (AvgIpc) is 2.30. The van der Waals surface area contributed by atoms with E-state index in [4.69, 9.17) is 0 Å². The topological polar surface area (TPSA) is 37.8 Å². The molecule has 82 valence electrons. The Morgan fingerprint density at radius 2 is 2.12 bits per heavy atom. The summed E-state index contributed by atoms with van der Waals surface area (Å²) >= 11 is 3.45. The molecule has 2 aromatic rings. The van der Waals surface area contributed by atoms with Gasteiger partial charge in [-0.25, -0.2) is 9.97 Å². The van der Waals surface area contributed by atoms with Crippen LogP contribution in [0.15, 0.2) is 41.1 Å². The number of nitrogens with zero attached hydrogens (tertiary/aromatic N) is 2. The van der Waals surface area contributed by atoms with Gasteiger partial charge in [0.1, 0.15) is 12.1 Å². The normalized spacial score (nSPS) is 10.1. The molecule has 1 aromatic carbocycles. The maximum Gasteiger partial charge on any atom is 0.129 e. The first-order valence-electron chi connectivity index (χ1n) is 5.11. The van der Waals surface area contributed by atoms with Gasteiger partial charge < -0.3 is 5.32 Å². The Morgan fingerprint density at radius 1 is 1.25 bits per heavy atom. The van der Waals surface area contributed by atoms with Crippen molar-refractivity contribution < 1.29 is 0 Å². The van der Waals surface area contributed by atoms with Crippen molar-refractivity contribution >= 4 is 21.7 Å². The highest BCUT2D eigenvalue weighted by Crippen LogP contribution is 2.22. The van der Waals surface area contributed by atoms with Crippen LogP contribution in [0.4, 0.5) is 5.82 Å². The van der Waals surface area contributed by atoms with E-state index in [0.29, 0.717) is 0 Å². The van der Waals surface area contributed by atoms with Gasteiger partial charge in [-0.1, -0.05) is 28.1 Å². The summed E-state index contributed by atoms with van der Waals surface area (Å²) in [5.41, 5.74) is 2.00. The fourth-order valence-corrected chi connectivity index (χ4v) is 1.84. The molecule has 0 saturated carbocycles. The van der Waals surface area contributed by atoms with E-state index >= 15 is 0 Å². The number of aromatic nitrogens is 2. The van der Waals surface area contributed by atoms with Gasteiger partial charge in [0.25, 0.3) is 0 Å². The predicted octanol–water partition coefficient (Wildman–Crippen LogP) is 3.34. The van der Waals surface area contributed by atoms with Gasteiger partial charge in [-0.2, -0.15) is 0 Å². The van der Waals surface area contributed by atoms with Gasteiger partial charge in [-0.15, -0.1) is 0 Å². The first-order valence-corrected chi connectivity index (χ1v) is 5.90. The summed E-state index contributed by atoms with van der Waals surface area (Å²) in [7, 11) is 0. The van der Waals surface area contributed by atoms with Crippen LogP contribution in [0.1, 0.15) is 6.92 Å². The quantitative estimate of drug-likeness (QED) is 0.935. The van der Waals surface area contributed by atoms with Gasteiger partial charge >= 0.3 is 0 Å². The van der Waals surface area contributed by atoms with Crippen LogP contribution in [-0.4, -0.2) is 16.5 Å². The van der Waals surface area contributed by atoms with Crippen molar-refractivity contribution in [3.8, 4) is 11.3 Å². The molecule has 3 nitrogen and oxygen atoms in total. The first-order chi connectivity index (χ1) is 7.79. The predicted molar refractivity (Wildman–Crippen MR) is 69.3 cm³/mol. The van der Waals surface area contributed by atoms with Crippen LogP contribution in [0, 0.1) is 0 Å². The lowest BCUT2D eigenvalue weighted by molar-refractivity contribution is 1.11. The highest BCUT2D eigenvalue weighted by molar-refractivity contribution is 9.10. The summed E-state index contributed by atoms with van der Waals surface area (Å²) in [6.07, 6.45) is 1.58. The molecule has 0 atom stereocenters. The molecule has 0 spiro atoms. The lowest BCUT2D eigenvalue weighted by Crippen LogP contribution is -1.99. The van der Waals surface area contributed by atoms with Crippen LogP contribution >= 0.6 is 15.9 Å². The highest BCUT2D eigenvalue weighted by atomic mass is 79.9. The monoisotopic (exact) mass is 277 g/mol. The Hall–Kier alpha value is -1.42. The van der Waals surface area contributed by atoms with Crippen LogP contribution in [0.5, 0.6) is 0 Å². The first kappa shape index (κ1) is 11.1. The van der Waals surface area contributed by atoms with Crippen molar-refractivity contribution in [2.24, 2.45) is 0 Å². The lowest BCUT2D eigenvalue weighted by Gasteiger charge is -2.05. The van der Waals surface area contributed by atoms with Crippen LogP contribution in [0.3, 0.4) is 0 Å². The third-order valence-electron chi connectivity index (χ3n) is 2.15. The van der Waals surface area contributed by atoms with Gasteiger partial charge in [0.05, 0.1) is 5.69 Å². The number of anilines is 1. The zero-order chi connectivity index (χ0) is 11.4. The second kappa shape index (κ2) is 5.07. The summed E-state index contributed by atoms with van der Waals surface area (Å²) in [5.74, 6) is 0.854. The number of benzene rings is 1. The Bertz CT molecular complexity index is 485. The van der Waals surface area contributed by atoms with Crippen molar-refractivity contribution in [2.75, 3.05) is 11.9 Å². The highest BCUT2D eigenvalue weighted by Gasteiger charge is 2.01. The van der Waals surface area contributed by atoms with E-state index < -0.39 is 0 Å². The number of halogens is 1. The Labute approximate surface area is 103 Å². The average molecular weight is 278 g/mol. The molecule has 1 N–H and O–H groups in total.